The third-order valence-electron chi connectivity index (χ3n) is 3.29. The summed E-state index contributed by atoms with van der Waals surface area (Å²) in [6.07, 6.45) is 7.86. The number of rotatable bonds is 5. The highest BCUT2D eigenvalue weighted by Gasteiger charge is 2.13. The smallest absolute Gasteiger partial charge is 0.232 e. The van der Waals surface area contributed by atoms with Gasteiger partial charge in [0.2, 0.25) is 5.88 Å². The first-order chi connectivity index (χ1) is 9.75. The van der Waals surface area contributed by atoms with Crippen LogP contribution in [-0.4, -0.2) is 30.1 Å². The second kappa shape index (κ2) is 10.0. The molecule has 0 aromatic carbocycles. The Hall–Kier alpha value is -0.760. The van der Waals surface area contributed by atoms with Crippen LogP contribution in [0.3, 0.4) is 0 Å². The lowest BCUT2D eigenvalue weighted by atomic mass is 9.96. The van der Waals surface area contributed by atoms with Crippen molar-refractivity contribution in [2.45, 2.75) is 38.1 Å². The predicted octanol–water partition coefficient (Wildman–Crippen LogP) is 2.97. The lowest BCUT2D eigenvalue weighted by Crippen LogP contribution is -2.41. The summed E-state index contributed by atoms with van der Waals surface area (Å²) in [7, 11) is 0. The number of halogens is 2. The van der Waals surface area contributed by atoms with Gasteiger partial charge in [-0.1, -0.05) is 30.9 Å². The van der Waals surface area contributed by atoms with Crippen LogP contribution in [-0.2, 0) is 0 Å². The van der Waals surface area contributed by atoms with Gasteiger partial charge in [0.15, 0.2) is 5.96 Å². The number of nitrogens with one attached hydrogen (secondary N) is 1. The van der Waals surface area contributed by atoms with Crippen LogP contribution in [0.2, 0.25) is 5.02 Å². The zero-order chi connectivity index (χ0) is 14.2. The second-order valence-corrected chi connectivity index (χ2v) is 5.29. The molecule has 0 atom stereocenters. The summed E-state index contributed by atoms with van der Waals surface area (Å²) in [5.41, 5.74) is 5.86. The molecule has 2 rings (SSSR count). The molecule has 0 radical (unpaired) electrons. The van der Waals surface area contributed by atoms with E-state index in [1.165, 1.54) is 32.1 Å². The Kier molecular flexibility index (Phi) is 8.75. The Bertz CT molecular complexity index is 452. The number of nitrogens with zero attached hydrogens (tertiary/aromatic N) is 2. The molecule has 0 spiro atoms. The third-order valence-corrected chi connectivity index (χ3v) is 3.58. The number of aliphatic imine (C=N–C) groups is 1. The van der Waals surface area contributed by atoms with Gasteiger partial charge in [-0.2, -0.15) is 0 Å². The minimum Gasteiger partial charge on any atom is -0.475 e. The molecule has 5 nitrogen and oxygen atoms in total. The first-order valence-corrected chi connectivity index (χ1v) is 7.43. The summed E-state index contributed by atoms with van der Waals surface area (Å²) in [5.74, 6) is 0.927. The standard InChI is InChI=1S/C14H21ClN4O.HI/c15-12-7-4-8-17-13(12)20-10-9-18-14(16)19-11-5-2-1-3-6-11;/h4,7-8,11H,1-3,5-6,9-10H2,(H3,16,18,19);1H. The number of hydrogen-bond donors (Lipinski definition) is 2. The highest BCUT2D eigenvalue weighted by Crippen LogP contribution is 2.19. The molecular formula is C14H22ClIN4O. The zero-order valence-electron chi connectivity index (χ0n) is 11.9. The largest absolute Gasteiger partial charge is 0.475 e. The van der Waals surface area contributed by atoms with Crippen molar-refractivity contribution in [1.82, 2.24) is 10.3 Å². The molecule has 1 aromatic rings. The lowest BCUT2D eigenvalue weighted by molar-refractivity contribution is 0.316. The zero-order valence-corrected chi connectivity index (χ0v) is 15.0. The molecule has 0 amide bonds. The molecule has 0 bridgehead atoms. The highest BCUT2D eigenvalue weighted by atomic mass is 127. The molecule has 7 heteroatoms. The number of nitrogens with two attached hydrogens (primary N) is 1. The van der Waals surface area contributed by atoms with E-state index in [0.29, 0.717) is 36.1 Å². The monoisotopic (exact) mass is 424 g/mol. The van der Waals surface area contributed by atoms with Crippen molar-refractivity contribution < 1.29 is 4.74 Å². The van der Waals surface area contributed by atoms with Crippen LogP contribution in [0.4, 0.5) is 0 Å². The van der Waals surface area contributed by atoms with Crippen LogP contribution < -0.4 is 15.8 Å². The van der Waals surface area contributed by atoms with Gasteiger partial charge in [-0.15, -0.1) is 24.0 Å². The van der Waals surface area contributed by atoms with E-state index in [4.69, 9.17) is 22.1 Å². The van der Waals surface area contributed by atoms with Gasteiger partial charge in [-0.05, 0) is 25.0 Å². The van der Waals surface area contributed by atoms with E-state index >= 15 is 0 Å². The van der Waals surface area contributed by atoms with Crippen molar-refractivity contribution >= 4 is 41.5 Å². The molecule has 1 heterocycles. The second-order valence-electron chi connectivity index (χ2n) is 4.89. The average Bonchev–Trinajstić information content (AvgIpc) is 2.46. The Balaban J connectivity index is 0.00000220. The molecular weight excluding hydrogens is 403 g/mol. The minimum atomic E-state index is 0. The van der Waals surface area contributed by atoms with Gasteiger partial charge in [0.25, 0.3) is 0 Å². The molecule has 1 aromatic heterocycles. The van der Waals surface area contributed by atoms with E-state index in [1.54, 1.807) is 18.3 Å². The van der Waals surface area contributed by atoms with E-state index < -0.39 is 0 Å². The van der Waals surface area contributed by atoms with Crippen LogP contribution in [0.25, 0.3) is 0 Å². The van der Waals surface area contributed by atoms with Gasteiger partial charge < -0.3 is 15.8 Å². The van der Waals surface area contributed by atoms with Crippen LogP contribution in [0, 0.1) is 0 Å². The summed E-state index contributed by atoms with van der Waals surface area (Å²) in [4.78, 5) is 8.29. The molecule has 1 aliphatic carbocycles. The fourth-order valence-corrected chi connectivity index (χ4v) is 2.46. The quantitative estimate of drug-likeness (QED) is 0.330. The first-order valence-electron chi connectivity index (χ1n) is 7.05. The van der Waals surface area contributed by atoms with E-state index in [2.05, 4.69) is 15.3 Å². The van der Waals surface area contributed by atoms with Crippen molar-refractivity contribution in [3.05, 3.63) is 23.4 Å². The number of guanidine groups is 1. The number of aromatic nitrogens is 1. The molecule has 0 saturated heterocycles. The molecule has 0 unspecified atom stereocenters. The van der Waals surface area contributed by atoms with E-state index in [9.17, 15) is 0 Å². The van der Waals surface area contributed by atoms with Crippen molar-refractivity contribution in [2.75, 3.05) is 13.2 Å². The van der Waals surface area contributed by atoms with Gasteiger partial charge >= 0.3 is 0 Å². The maximum Gasteiger partial charge on any atom is 0.232 e. The van der Waals surface area contributed by atoms with Gasteiger partial charge in [-0.3, -0.25) is 0 Å². The number of ether oxygens (including phenoxy) is 1. The molecule has 21 heavy (non-hydrogen) atoms. The van der Waals surface area contributed by atoms with Crippen molar-refractivity contribution in [3.63, 3.8) is 0 Å². The molecule has 1 aliphatic rings. The molecule has 3 N–H and O–H groups in total. The Labute approximate surface area is 147 Å². The topological polar surface area (TPSA) is 72.5 Å². The Morgan fingerprint density at radius 2 is 2.19 bits per heavy atom. The van der Waals surface area contributed by atoms with Gasteiger partial charge in [0.1, 0.15) is 11.6 Å². The average molecular weight is 425 g/mol. The number of hydrogen-bond acceptors (Lipinski definition) is 3. The first kappa shape index (κ1) is 18.3. The normalized spacial score (nSPS) is 16.1. The predicted molar refractivity (Wildman–Crippen MR) is 96.7 cm³/mol. The van der Waals surface area contributed by atoms with E-state index in [0.717, 1.165) is 0 Å². The Morgan fingerprint density at radius 3 is 2.90 bits per heavy atom. The molecule has 0 aliphatic heterocycles. The van der Waals surface area contributed by atoms with E-state index in [1.807, 2.05) is 0 Å². The third kappa shape index (κ3) is 6.69. The van der Waals surface area contributed by atoms with Gasteiger partial charge in [0, 0.05) is 12.2 Å². The van der Waals surface area contributed by atoms with Crippen molar-refractivity contribution in [1.29, 1.82) is 0 Å². The van der Waals surface area contributed by atoms with Crippen LogP contribution in [0.5, 0.6) is 5.88 Å². The van der Waals surface area contributed by atoms with Crippen molar-refractivity contribution in [3.8, 4) is 5.88 Å². The number of pyridine rings is 1. The summed E-state index contributed by atoms with van der Waals surface area (Å²) in [6.45, 7) is 0.891. The Morgan fingerprint density at radius 1 is 1.43 bits per heavy atom. The van der Waals surface area contributed by atoms with Crippen LogP contribution >= 0.6 is 35.6 Å². The fourth-order valence-electron chi connectivity index (χ4n) is 2.29. The maximum absolute atomic E-state index is 5.93. The van der Waals surface area contributed by atoms with Crippen LogP contribution in [0.15, 0.2) is 23.3 Å². The minimum absolute atomic E-state index is 0. The molecule has 1 fully saturated rings. The van der Waals surface area contributed by atoms with Crippen molar-refractivity contribution in [2.24, 2.45) is 10.7 Å². The fraction of sp³-hybridized carbons (Fsp3) is 0.571. The summed E-state index contributed by atoms with van der Waals surface area (Å²) in [5, 5.41) is 3.76. The van der Waals surface area contributed by atoms with E-state index in [-0.39, 0.29) is 24.0 Å². The lowest BCUT2D eigenvalue weighted by Gasteiger charge is -2.23. The van der Waals surface area contributed by atoms with Gasteiger partial charge in [0.05, 0.1) is 6.54 Å². The summed E-state index contributed by atoms with van der Waals surface area (Å²) >= 11 is 5.93. The summed E-state index contributed by atoms with van der Waals surface area (Å²) in [6, 6.07) is 3.98. The summed E-state index contributed by atoms with van der Waals surface area (Å²) < 4.78 is 5.44. The maximum atomic E-state index is 5.93. The highest BCUT2D eigenvalue weighted by molar-refractivity contribution is 14.0. The van der Waals surface area contributed by atoms with Crippen LogP contribution in [0.1, 0.15) is 32.1 Å². The molecule has 118 valence electrons. The molecule has 1 saturated carbocycles. The SMILES string of the molecule is I.NC(=NCCOc1ncccc1Cl)NC1CCCCC1. The van der Waals surface area contributed by atoms with Gasteiger partial charge in [-0.25, -0.2) is 9.98 Å².